The van der Waals surface area contributed by atoms with Gasteiger partial charge in [-0.2, -0.15) is 0 Å². The van der Waals surface area contributed by atoms with E-state index in [0.717, 1.165) is 11.3 Å². The first-order valence-electron chi connectivity index (χ1n) is 7.06. The molecule has 20 heavy (non-hydrogen) atoms. The van der Waals surface area contributed by atoms with E-state index in [1.807, 2.05) is 17.5 Å². The number of aliphatic carboxylic acids is 1. The SMILES string of the molecule is CC(C)CCN1C(=O)CC[C@@H](C(=O)O)[C@@H]1c1cccs1. The molecule has 110 valence electrons. The smallest absolute Gasteiger partial charge is 0.308 e. The zero-order valence-corrected chi connectivity index (χ0v) is 12.7. The Morgan fingerprint density at radius 3 is 2.85 bits per heavy atom. The van der Waals surface area contributed by atoms with Crippen LogP contribution in [0.3, 0.4) is 0 Å². The topological polar surface area (TPSA) is 57.6 Å². The molecule has 1 aromatic heterocycles. The number of carbonyl (C=O) groups is 2. The molecule has 1 aromatic rings. The maximum atomic E-state index is 12.2. The molecule has 1 N–H and O–H groups in total. The summed E-state index contributed by atoms with van der Waals surface area (Å²) >= 11 is 1.53. The molecule has 2 atom stereocenters. The van der Waals surface area contributed by atoms with E-state index >= 15 is 0 Å². The number of amides is 1. The Morgan fingerprint density at radius 2 is 2.30 bits per heavy atom. The second-order valence-electron chi connectivity index (χ2n) is 5.71. The number of carboxylic acids is 1. The van der Waals surface area contributed by atoms with Gasteiger partial charge in [-0.05, 0) is 30.2 Å². The number of hydrogen-bond donors (Lipinski definition) is 1. The Bertz CT molecular complexity index is 469. The molecule has 0 bridgehead atoms. The highest BCUT2D eigenvalue weighted by Crippen LogP contribution is 2.39. The Kier molecular flexibility index (Phi) is 4.81. The first-order valence-corrected chi connectivity index (χ1v) is 7.94. The third-order valence-corrected chi connectivity index (χ3v) is 4.75. The van der Waals surface area contributed by atoms with Crippen LogP contribution in [0, 0.1) is 11.8 Å². The summed E-state index contributed by atoms with van der Waals surface area (Å²) in [6.45, 7) is 4.87. The first kappa shape index (κ1) is 15.0. The second kappa shape index (κ2) is 6.39. The number of rotatable bonds is 5. The summed E-state index contributed by atoms with van der Waals surface area (Å²) in [5, 5.41) is 11.4. The van der Waals surface area contributed by atoms with Gasteiger partial charge in [0.15, 0.2) is 0 Å². The predicted octanol–water partition coefficient (Wildman–Crippen LogP) is 3.16. The van der Waals surface area contributed by atoms with Gasteiger partial charge in [-0.25, -0.2) is 0 Å². The van der Waals surface area contributed by atoms with E-state index in [-0.39, 0.29) is 11.9 Å². The third-order valence-electron chi connectivity index (χ3n) is 3.81. The highest BCUT2D eigenvalue weighted by molar-refractivity contribution is 7.10. The normalized spacial score (nSPS) is 23.4. The van der Waals surface area contributed by atoms with E-state index in [9.17, 15) is 14.7 Å². The minimum atomic E-state index is -0.801. The van der Waals surface area contributed by atoms with Gasteiger partial charge < -0.3 is 10.0 Å². The van der Waals surface area contributed by atoms with E-state index in [1.165, 1.54) is 11.3 Å². The second-order valence-corrected chi connectivity index (χ2v) is 6.69. The molecule has 0 aliphatic carbocycles. The molecule has 1 aliphatic rings. The van der Waals surface area contributed by atoms with Crippen LogP contribution in [0.5, 0.6) is 0 Å². The van der Waals surface area contributed by atoms with Crippen LogP contribution in [0.2, 0.25) is 0 Å². The fraction of sp³-hybridized carbons (Fsp3) is 0.600. The summed E-state index contributed by atoms with van der Waals surface area (Å²) in [7, 11) is 0. The van der Waals surface area contributed by atoms with Crippen molar-refractivity contribution < 1.29 is 14.7 Å². The molecule has 1 saturated heterocycles. The number of nitrogens with zero attached hydrogens (tertiary/aromatic N) is 1. The average Bonchev–Trinajstić information content (AvgIpc) is 2.89. The van der Waals surface area contributed by atoms with E-state index in [4.69, 9.17) is 0 Å². The number of piperidine rings is 1. The van der Waals surface area contributed by atoms with Gasteiger partial charge in [-0.1, -0.05) is 19.9 Å². The van der Waals surface area contributed by atoms with Crippen molar-refractivity contribution in [3.63, 3.8) is 0 Å². The number of carbonyl (C=O) groups excluding carboxylic acids is 1. The summed E-state index contributed by atoms with van der Waals surface area (Å²) in [6.07, 6.45) is 1.69. The van der Waals surface area contributed by atoms with Crippen LogP contribution in [0.4, 0.5) is 0 Å². The average molecular weight is 295 g/mol. The Hall–Kier alpha value is -1.36. The molecular weight excluding hydrogens is 274 g/mol. The Balaban J connectivity index is 2.27. The lowest BCUT2D eigenvalue weighted by Gasteiger charge is -2.39. The summed E-state index contributed by atoms with van der Waals surface area (Å²) in [4.78, 5) is 26.5. The van der Waals surface area contributed by atoms with Gasteiger partial charge in [0.25, 0.3) is 0 Å². The maximum absolute atomic E-state index is 12.2. The van der Waals surface area contributed by atoms with E-state index in [0.29, 0.717) is 25.3 Å². The highest BCUT2D eigenvalue weighted by atomic mass is 32.1. The Labute approximate surface area is 123 Å². The fourth-order valence-electron chi connectivity index (χ4n) is 2.68. The van der Waals surface area contributed by atoms with Crippen LogP contribution in [-0.2, 0) is 9.59 Å². The van der Waals surface area contributed by atoms with Crippen molar-refractivity contribution in [1.29, 1.82) is 0 Å². The van der Waals surface area contributed by atoms with Crippen LogP contribution < -0.4 is 0 Å². The molecule has 0 saturated carbocycles. The van der Waals surface area contributed by atoms with Crippen LogP contribution in [-0.4, -0.2) is 28.4 Å². The van der Waals surface area contributed by atoms with Gasteiger partial charge in [0, 0.05) is 17.8 Å². The molecule has 2 heterocycles. The third kappa shape index (κ3) is 3.20. The molecule has 1 aliphatic heterocycles. The fourth-order valence-corrected chi connectivity index (χ4v) is 3.59. The molecule has 2 rings (SSSR count). The van der Waals surface area contributed by atoms with Gasteiger partial charge in [-0.15, -0.1) is 11.3 Å². The van der Waals surface area contributed by atoms with Gasteiger partial charge >= 0.3 is 5.97 Å². The molecule has 1 fully saturated rings. The summed E-state index contributed by atoms with van der Waals surface area (Å²) < 4.78 is 0. The highest BCUT2D eigenvalue weighted by Gasteiger charge is 2.40. The van der Waals surface area contributed by atoms with Gasteiger partial charge in [0.05, 0.1) is 12.0 Å². The number of hydrogen-bond acceptors (Lipinski definition) is 3. The largest absolute Gasteiger partial charge is 0.481 e. The zero-order chi connectivity index (χ0) is 14.7. The standard InChI is InChI=1S/C15H21NO3S/c1-10(2)7-8-16-13(17)6-5-11(15(18)19)14(16)12-4-3-9-20-12/h3-4,9-11,14H,5-8H2,1-2H3,(H,18,19)/t11-,14-/m1/s1. The van der Waals surface area contributed by atoms with Crippen molar-refractivity contribution in [2.75, 3.05) is 6.54 Å². The van der Waals surface area contributed by atoms with Crippen molar-refractivity contribution in [1.82, 2.24) is 4.90 Å². The number of thiophene rings is 1. The van der Waals surface area contributed by atoms with Crippen molar-refractivity contribution in [2.24, 2.45) is 11.8 Å². The lowest BCUT2D eigenvalue weighted by molar-refractivity contribution is -0.152. The molecule has 1 amide bonds. The quantitative estimate of drug-likeness (QED) is 0.907. The van der Waals surface area contributed by atoms with Gasteiger partial charge in [-0.3, -0.25) is 9.59 Å². The lowest BCUT2D eigenvalue weighted by Crippen LogP contribution is -2.45. The zero-order valence-electron chi connectivity index (χ0n) is 11.9. The molecule has 5 heteroatoms. The molecule has 0 spiro atoms. The molecule has 4 nitrogen and oxygen atoms in total. The maximum Gasteiger partial charge on any atom is 0.308 e. The van der Waals surface area contributed by atoms with E-state index in [1.54, 1.807) is 4.90 Å². The van der Waals surface area contributed by atoms with E-state index in [2.05, 4.69) is 13.8 Å². The van der Waals surface area contributed by atoms with Crippen LogP contribution in [0.15, 0.2) is 17.5 Å². The minimum absolute atomic E-state index is 0.0848. The number of carboxylic acid groups (broad SMARTS) is 1. The molecule has 0 radical (unpaired) electrons. The summed E-state index contributed by atoms with van der Waals surface area (Å²) in [5.74, 6) is -0.706. The summed E-state index contributed by atoms with van der Waals surface area (Å²) in [5.41, 5.74) is 0. The van der Waals surface area contributed by atoms with Crippen molar-refractivity contribution >= 4 is 23.2 Å². The number of likely N-dealkylation sites (tertiary alicyclic amines) is 1. The van der Waals surface area contributed by atoms with Crippen molar-refractivity contribution in [2.45, 2.75) is 39.2 Å². The Morgan fingerprint density at radius 1 is 1.55 bits per heavy atom. The monoisotopic (exact) mass is 295 g/mol. The minimum Gasteiger partial charge on any atom is -0.481 e. The molecule has 0 aromatic carbocycles. The van der Waals surface area contributed by atoms with E-state index < -0.39 is 11.9 Å². The van der Waals surface area contributed by atoms with Gasteiger partial charge in [0.2, 0.25) is 5.91 Å². The molecular formula is C15H21NO3S. The van der Waals surface area contributed by atoms with Crippen LogP contribution in [0.25, 0.3) is 0 Å². The van der Waals surface area contributed by atoms with Crippen molar-refractivity contribution in [3.8, 4) is 0 Å². The van der Waals surface area contributed by atoms with Gasteiger partial charge in [0.1, 0.15) is 0 Å². The first-order chi connectivity index (χ1) is 9.50. The van der Waals surface area contributed by atoms with Crippen LogP contribution >= 0.6 is 11.3 Å². The lowest BCUT2D eigenvalue weighted by atomic mass is 9.87. The summed E-state index contributed by atoms with van der Waals surface area (Å²) in [6, 6.07) is 3.55. The van der Waals surface area contributed by atoms with Crippen molar-refractivity contribution in [3.05, 3.63) is 22.4 Å². The predicted molar refractivity (Wildman–Crippen MR) is 78.6 cm³/mol. The van der Waals surface area contributed by atoms with Crippen LogP contribution in [0.1, 0.15) is 44.0 Å². The molecule has 0 unspecified atom stereocenters.